The van der Waals surface area contributed by atoms with Gasteiger partial charge in [0, 0.05) is 18.3 Å². The fourth-order valence-electron chi connectivity index (χ4n) is 1.58. The molecule has 2 aromatic rings. The lowest BCUT2D eigenvalue weighted by Gasteiger charge is -2.06. The summed E-state index contributed by atoms with van der Waals surface area (Å²) < 4.78 is 5.37. The van der Waals surface area contributed by atoms with Crippen molar-refractivity contribution in [2.75, 3.05) is 0 Å². The minimum Gasteiger partial charge on any atom is -0.487 e. The first-order chi connectivity index (χ1) is 9.58. The predicted octanol–water partition coefficient (Wildman–Crippen LogP) is 2.27. The maximum Gasteiger partial charge on any atom is 0.342 e. The highest BCUT2D eigenvalue weighted by molar-refractivity contribution is 5.92. The number of carboxylic acid groups (broad SMARTS) is 1. The van der Waals surface area contributed by atoms with E-state index in [1.54, 1.807) is 24.4 Å². The third-order valence-corrected chi connectivity index (χ3v) is 2.51. The van der Waals surface area contributed by atoms with E-state index >= 15 is 0 Å². The van der Waals surface area contributed by atoms with E-state index in [1.807, 2.05) is 0 Å². The number of hydrogen-bond acceptors (Lipinski definition) is 5. The zero-order valence-electron chi connectivity index (χ0n) is 10.2. The van der Waals surface area contributed by atoms with E-state index in [1.165, 1.54) is 6.07 Å². The van der Waals surface area contributed by atoms with Crippen molar-refractivity contribution in [1.29, 1.82) is 0 Å². The molecule has 2 rings (SSSR count). The van der Waals surface area contributed by atoms with Crippen LogP contribution < -0.4 is 4.74 Å². The molecule has 0 aliphatic heterocycles. The first-order valence-corrected chi connectivity index (χ1v) is 5.62. The number of benzene rings is 1. The molecule has 0 unspecified atom stereocenters. The highest BCUT2D eigenvalue weighted by atomic mass is 16.6. The van der Waals surface area contributed by atoms with Crippen molar-refractivity contribution in [2.24, 2.45) is 0 Å². The summed E-state index contributed by atoms with van der Waals surface area (Å²) in [6.45, 7) is 0.151. The number of pyridine rings is 1. The zero-order chi connectivity index (χ0) is 14.5. The Kier molecular flexibility index (Phi) is 3.90. The van der Waals surface area contributed by atoms with Gasteiger partial charge < -0.3 is 9.84 Å². The third-order valence-electron chi connectivity index (χ3n) is 2.51. The van der Waals surface area contributed by atoms with Gasteiger partial charge in [-0.3, -0.25) is 15.1 Å². The molecule has 0 aliphatic rings. The lowest BCUT2D eigenvalue weighted by atomic mass is 10.1. The molecule has 0 bridgehead atoms. The van der Waals surface area contributed by atoms with Crippen molar-refractivity contribution >= 4 is 11.7 Å². The quantitative estimate of drug-likeness (QED) is 0.662. The van der Waals surface area contributed by atoms with Gasteiger partial charge in [0.15, 0.2) is 0 Å². The Balaban J connectivity index is 2.19. The number of nitro benzene ring substituents is 1. The molecule has 0 saturated heterocycles. The number of aromatic carboxylic acids is 1. The van der Waals surface area contributed by atoms with Crippen LogP contribution >= 0.6 is 0 Å². The van der Waals surface area contributed by atoms with Crippen molar-refractivity contribution in [3.63, 3.8) is 0 Å². The van der Waals surface area contributed by atoms with Crippen LogP contribution in [0.15, 0.2) is 42.6 Å². The zero-order valence-corrected chi connectivity index (χ0v) is 10.2. The second-order valence-corrected chi connectivity index (χ2v) is 3.85. The normalized spacial score (nSPS) is 10.0. The van der Waals surface area contributed by atoms with Crippen LogP contribution in [0.1, 0.15) is 16.1 Å². The monoisotopic (exact) mass is 274 g/mol. The predicted molar refractivity (Wildman–Crippen MR) is 68.6 cm³/mol. The van der Waals surface area contributed by atoms with E-state index < -0.39 is 22.1 Å². The van der Waals surface area contributed by atoms with Gasteiger partial charge in [-0.15, -0.1) is 0 Å². The Labute approximate surface area is 113 Å². The number of aromatic nitrogens is 1. The molecule has 1 aromatic heterocycles. The summed E-state index contributed by atoms with van der Waals surface area (Å²) in [4.78, 5) is 25.0. The van der Waals surface area contributed by atoms with Crippen molar-refractivity contribution in [3.05, 3.63) is 64.0 Å². The molecule has 0 atom stereocenters. The topological polar surface area (TPSA) is 103 Å². The van der Waals surface area contributed by atoms with Crippen molar-refractivity contribution in [2.45, 2.75) is 6.61 Å². The van der Waals surface area contributed by atoms with Crippen LogP contribution in [0.25, 0.3) is 0 Å². The van der Waals surface area contributed by atoms with E-state index in [0.717, 1.165) is 12.1 Å². The van der Waals surface area contributed by atoms with Gasteiger partial charge in [0.05, 0.1) is 10.6 Å². The molecule has 7 heteroatoms. The van der Waals surface area contributed by atoms with E-state index in [-0.39, 0.29) is 12.4 Å². The number of ether oxygens (including phenoxy) is 1. The summed E-state index contributed by atoms with van der Waals surface area (Å²) >= 11 is 0. The average molecular weight is 274 g/mol. The van der Waals surface area contributed by atoms with E-state index in [2.05, 4.69) is 4.98 Å². The summed E-state index contributed by atoms with van der Waals surface area (Å²) in [5, 5.41) is 19.7. The molecule has 0 spiro atoms. The lowest BCUT2D eigenvalue weighted by molar-refractivity contribution is -0.385. The first-order valence-electron chi connectivity index (χ1n) is 5.62. The van der Waals surface area contributed by atoms with Gasteiger partial charge in [-0.25, -0.2) is 4.79 Å². The van der Waals surface area contributed by atoms with Gasteiger partial charge in [-0.2, -0.15) is 0 Å². The summed E-state index contributed by atoms with van der Waals surface area (Å²) in [6.07, 6.45) is 1.61. The van der Waals surface area contributed by atoms with Crippen LogP contribution in [0.3, 0.4) is 0 Å². The maximum absolute atomic E-state index is 11.0. The number of carbonyl (C=O) groups is 1. The molecule has 0 aliphatic carbocycles. The summed E-state index contributed by atoms with van der Waals surface area (Å²) in [6, 6.07) is 8.90. The van der Waals surface area contributed by atoms with E-state index in [9.17, 15) is 14.9 Å². The Morgan fingerprint density at radius 2 is 2.15 bits per heavy atom. The summed E-state index contributed by atoms with van der Waals surface area (Å²) in [5.74, 6) is -1.14. The molecule has 1 aromatic carbocycles. The van der Waals surface area contributed by atoms with Gasteiger partial charge in [0.25, 0.3) is 5.69 Å². The minimum atomic E-state index is -1.38. The Bertz CT molecular complexity index is 642. The minimum absolute atomic E-state index is 0.151. The lowest BCUT2D eigenvalue weighted by Crippen LogP contribution is -2.04. The third kappa shape index (κ3) is 3.08. The SMILES string of the molecule is O=C(O)c1cc(OCc2ccccn2)ccc1[N+](=O)[O-]. The van der Waals surface area contributed by atoms with Crippen LogP contribution in [0.2, 0.25) is 0 Å². The molecule has 0 radical (unpaired) electrons. The number of nitro groups is 1. The molecule has 102 valence electrons. The molecular weight excluding hydrogens is 264 g/mol. The Morgan fingerprint density at radius 3 is 2.75 bits per heavy atom. The second-order valence-electron chi connectivity index (χ2n) is 3.85. The molecule has 0 fully saturated rings. The Morgan fingerprint density at radius 1 is 1.35 bits per heavy atom. The number of rotatable bonds is 5. The molecular formula is C13H10N2O5. The van der Waals surface area contributed by atoms with Crippen LogP contribution in [0.5, 0.6) is 5.75 Å². The number of nitrogens with zero attached hydrogens (tertiary/aromatic N) is 2. The molecule has 7 nitrogen and oxygen atoms in total. The highest BCUT2D eigenvalue weighted by Crippen LogP contribution is 2.24. The van der Waals surface area contributed by atoms with Crippen molar-refractivity contribution < 1.29 is 19.6 Å². The van der Waals surface area contributed by atoms with Gasteiger partial charge in [-0.05, 0) is 18.2 Å². The van der Waals surface area contributed by atoms with Crippen LogP contribution in [0, 0.1) is 10.1 Å². The smallest absolute Gasteiger partial charge is 0.342 e. The number of carboxylic acids is 1. The molecule has 0 saturated carbocycles. The van der Waals surface area contributed by atoms with E-state index in [0.29, 0.717) is 5.69 Å². The fourth-order valence-corrected chi connectivity index (χ4v) is 1.58. The van der Waals surface area contributed by atoms with Crippen molar-refractivity contribution in [3.8, 4) is 5.75 Å². The van der Waals surface area contributed by atoms with Gasteiger partial charge >= 0.3 is 5.97 Å². The van der Waals surface area contributed by atoms with Gasteiger partial charge in [-0.1, -0.05) is 6.07 Å². The van der Waals surface area contributed by atoms with Crippen LogP contribution in [0.4, 0.5) is 5.69 Å². The maximum atomic E-state index is 11.0. The summed E-state index contributed by atoms with van der Waals surface area (Å²) in [7, 11) is 0. The fraction of sp³-hybridized carbons (Fsp3) is 0.0769. The Hall–Kier alpha value is -2.96. The molecule has 0 amide bonds. The standard InChI is InChI=1S/C13H10N2O5/c16-13(17)11-7-10(4-5-12(11)15(18)19)20-8-9-3-1-2-6-14-9/h1-7H,8H2,(H,16,17). The van der Waals surface area contributed by atoms with Gasteiger partial charge in [0.1, 0.15) is 17.9 Å². The summed E-state index contributed by atoms with van der Waals surface area (Å²) in [5.41, 5.74) is -0.209. The van der Waals surface area contributed by atoms with Crippen molar-refractivity contribution in [1.82, 2.24) is 4.98 Å². The first kappa shape index (κ1) is 13.5. The van der Waals surface area contributed by atoms with Crippen LogP contribution in [-0.2, 0) is 6.61 Å². The highest BCUT2D eigenvalue weighted by Gasteiger charge is 2.20. The largest absolute Gasteiger partial charge is 0.487 e. The second kappa shape index (κ2) is 5.79. The van der Waals surface area contributed by atoms with Gasteiger partial charge in [0.2, 0.25) is 0 Å². The average Bonchev–Trinajstić information content (AvgIpc) is 2.45. The van der Waals surface area contributed by atoms with E-state index in [4.69, 9.17) is 9.84 Å². The molecule has 1 N–H and O–H groups in total. The van der Waals surface area contributed by atoms with Crippen LogP contribution in [-0.4, -0.2) is 21.0 Å². The molecule has 20 heavy (non-hydrogen) atoms. The number of hydrogen-bond donors (Lipinski definition) is 1. The molecule has 1 heterocycles.